The second kappa shape index (κ2) is 2.30. The van der Waals surface area contributed by atoms with Crippen molar-refractivity contribution in [2.45, 2.75) is 24.7 Å². The van der Waals surface area contributed by atoms with Crippen LogP contribution in [-0.2, 0) is 9.47 Å². The van der Waals surface area contributed by atoms with Crippen molar-refractivity contribution < 1.29 is 13.9 Å². The van der Waals surface area contributed by atoms with Gasteiger partial charge in [0.15, 0.2) is 6.29 Å². The Balaban J connectivity index is 1.78. The van der Waals surface area contributed by atoms with E-state index in [0.29, 0.717) is 5.92 Å². The van der Waals surface area contributed by atoms with Crippen molar-refractivity contribution in [1.82, 2.24) is 0 Å². The van der Waals surface area contributed by atoms with Crippen LogP contribution in [0, 0.1) is 0 Å². The van der Waals surface area contributed by atoms with Gasteiger partial charge in [0, 0.05) is 17.9 Å². The molecule has 4 heterocycles. The van der Waals surface area contributed by atoms with E-state index in [4.69, 9.17) is 13.9 Å². The number of hydrogen-bond donors (Lipinski definition) is 0. The van der Waals surface area contributed by atoms with Gasteiger partial charge in [0.05, 0.1) is 12.7 Å². The standard InChI is InChI=1S/C11H10O3/c1-2-9-7(3-6(1)13-9)8-4-11-12-5-10(8)14-11/h1-3,8,10-11H,4-5H2. The van der Waals surface area contributed by atoms with Crippen LogP contribution >= 0.6 is 0 Å². The van der Waals surface area contributed by atoms with Crippen molar-refractivity contribution in [1.29, 1.82) is 0 Å². The minimum absolute atomic E-state index is 0.0274. The summed E-state index contributed by atoms with van der Waals surface area (Å²) in [6, 6.07) is 6.17. The SMILES string of the molecule is c1cc2oc1cc2C1CC2OCC1O2. The molecule has 3 heteroatoms. The van der Waals surface area contributed by atoms with Crippen LogP contribution in [0.2, 0.25) is 0 Å². The highest BCUT2D eigenvalue weighted by molar-refractivity contribution is 5.67. The maximum absolute atomic E-state index is 5.64. The molecule has 72 valence electrons. The molecule has 0 radical (unpaired) electrons. The van der Waals surface area contributed by atoms with E-state index in [9.17, 15) is 0 Å². The van der Waals surface area contributed by atoms with Crippen LogP contribution in [0.3, 0.4) is 0 Å². The fraction of sp³-hybridized carbons (Fsp3) is 0.455. The third kappa shape index (κ3) is 0.792. The molecular formula is C11H10O3. The summed E-state index contributed by atoms with van der Waals surface area (Å²) in [5, 5.41) is 0. The summed E-state index contributed by atoms with van der Waals surface area (Å²) in [5.74, 6) is 0.478. The lowest BCUT2D eigenvalue weighted by Gasteiger charge is -2.17. The average molecular weight is 190 g/mol. The second-order valence-electron chi connectivity index (χ2n) is 4.08. The lowest BCUT2D eigenvalue weighted by Crippen LogP contribution is -2.19. The van der Waals surface area contributed by atoms with Crippen LogP contribution in [0.15, 0.2) is 22.6 Å². The van der Waals surface area contributed by atoms with Gasteiger partial charge in [-0.3, -0.25) is 0 Å². The Labute approximate surface area is 80.9 Å². The molecule has 4 rings (SSSR count). The van der Waals surface area contributed by atoms with E-state index in [1.54, 1.807) is 0 Å². The van der Waals surface area contributed by atoms with Crippen LogP contribution in [0.25, 0.3) is 11.2 Å². The highest BCUT2D eigenvalue weighted by Crippen LogP contribution is 2.43. The Bertz CT molecular complexity index is 461. The monoisotopic (exact) mass is 190 g/mol. The minimum Gasteiger partial charge on any atom is -0.457 e. The van der Waals surface area contributed by atoms with Crippen molar-refractivity contribution in [3.63, 3.8) is 0 Å². The molecule has 0 aliphatic carbocycles. The summed E-state index contributed by atoms with van der Waals surface area (Å²) < 4.78 is 16.6. The number of fused-ring (bicyclic) bond motifs is 4. The smallest absolute Gasteiger partial charge is 0.158 e. The van der Waals surface area contributed by atoms with Gasteiger partial charge >= 0.3 is 0 Å². The van der Waals surface area contributed by atoms with E-state index in [-0.39, 0.29) is 12.4 Å². The van der Waals surface area contributed by atoms with Crippen LogP contribution in [0.4, 0.5) is 0 Å². The van der Waals surface area contributed by atoms with Gasteiger partial charge in [0.1, 0.15) is 11.2 Å². The molecule has 3 nitrogen and oxygen atoms in total. The third-order valence-electron chi connectivity index (χ3n) is 3.28. The molecule has 2 fully saturated rings. The first kappa shape index (κ1) is 7.26. The normalized spacial score (nSPS) is 36.1. The van der Waals surface area contributed by atoms with Crippen molar-refractivity contribution in [3.05, 3.63) is 23.8 Å². The van der Waals surface area contributed by atoms with E-state index in [1.165, 1.54) is 5.56 Å². The Hall–Kier alpha value is -1.06. The summed E-state index contributed by atoms with van der Waals surface area (Å²) in [5.41, 5.74) is 3.29. The molecular weight excluding hydrogens is 180 g/mol. The summed E-state index contributed by atoms with van der Waals surface area (Å²) >= 11 is 0. The average Bonchev–Trinajstić information content (AvgIpc) is 2.96. The molecule has 2 aromatic heterocycles. The molecule has 2 aromatic rings. The predicted molar refractivity (Wildman–Crippen MR) is 49.4 cm³/mol. The van der Waals surface area contributed by atoms with E-state index in [1.807, 2.05) is 12.1 Å². The predicted octanol–water partition coefficient (Wildman–Crippen LogP) is 2.10. The lowest BCUT2D eigenvalue weighted by atomic mass is 9.91. The molecule has 4 bridgehead atoms. The van der Waals surface area contributed by atoms with E-state index < -0.39 is 0 Å². The van der Waals surface area contributed by atoms with Crippen molar-refractivity contribution >= 4 is 11.2 Å². The quantitative estimate of drug-likeness (QED) is 0.690. The van der Waals surface area contributed by atoms with E-state index in [2.05, 4.69) is 6.07 Å². The van der Waals surface area contributed by atoms with Crippen molar-refractivity contribution in [2.75, 3.05) is 6.61 Å². The number of rotatable bonds is 1. The van der Waals surface area contributed by atoms with Crippen LogP contribution in [0.5, 0.6) is 0 Å². The highest BCUT2D eigenvalue weighted by Gasteiger charge is 2.43. The Morgan fingerprint density at radius 3 is 2.86 bits per heavy atom. The second-order valence-corrected chi connectivity index (χ2v) is 4.08. The van der Waals surface area contributed by atoms with Gasteiger partial charge < -0.3 is 13.9 Å². The minimum atomic E-state index is 0.0274. The number of ether oxygens (including phenoxy) is 2. The van der Waals surface area contributed by atoms with Crippen molar-refractivity contribution in [3.8, 4) is 0 Å². The first-order chi connectivity index (χ1) is 6.90. The topological polar surface area (TPSA) is 31.6 Å². The Kier molecular flexibility index (Phi) is 1.19. The zero-order chi connectivity index (χ0) is 9.12. The van der Waals surface area contributed by atoms with E-state index in [0.717, 1.165) is 24.2 Å². The largest absolute Gasteiger partial charge is 0.457 e. The molecule has 2 saturated heterocycles. The third-order valence-corrected chi connectivity index (χ3v) is 3.28. The summed E-state index contributed by atoms with van der Waals surface area (Å²) in [7, 11) is 0. The molecule has 14 heavy (non-hydrogen) atoms. The zero-order valence-electron chi connectivity index (χ0n) is 7.60. The number of benzene rings is 1. The summed E-state index contributed by atoms with van der Waals surface area (Å²) in [6.07, 6.45) is 1.25. The lowest BCUT2D eigenvalue weighted by molar-refractivity contribution is -0.0272. The number of furan rings is 2. The van der Waals surface area contributed by atoms with Gasteiger partial charge in [-0.05, 0) is 18.2 Å². The molecule has 2 aliphatic heterocycles. The van der Waals surface area contributed by atoms with Crippen LogP contribution in [0.1, 0.15) is 17.9 Å². The molecule has 0 N–H and O–H groups in total. The van der Waals surface area contributed by atoms with Crippen LogP contribution < -0.4 is 0 Å². The molecule has 2 aliphatic rings. The Morgan fingerprint density at radius 2 is 2.29 bits per heavy atom. The first-order valence-electron chi connectivity index (χ1n) is 4.99. The van der Waals surface area contributed by atoms with Gasteiger partial charge in [-0.15, -0.1) is 0 Å². The molecule has 0 amide bonds. The molecule has 0 aromatic carbocycles. The van der Waals surface area contributed by atoms with Gasteiger partial charge in [-0.1, -0.05) is 0 Å². The first-order valence-corrected chi connectivity index (χ1v) is 4.99. The molecule has 3 unspecified atom stereocenters. The van der Waals surface area contributed by atoms with E-state index >= 15 is 0 Å². The fourth-order valence-electron chi connectivity index (χ4n) is 2.60. The van der Waals surface area contributed by atoms with Gasteiger partial charge in [-0.2, -0.15) is 0 Å². The van der Waals surface area contributed by atoms with Crippen molar-refractivity contribution in [2.24, 2.45) is 0 Å². The summed E-state index contributed by atoms with van der Waals surface area (Å²) in [4.78, 5) is 0. The Morgan fingerprint density at radius 1 is 1.29 bits per heavy atom. The fourth-order valence-corrected chi connectivity index (χ4v) is 2.60. The highest BCUT2D eigenvalue weighted by atomic mass is 16.7. The number of hydrogen-bond acceptors (Lipinski definition) is 3. The maximum Gasteiger partial charge on any atom is 0.158 e. The molecule has 0 saturated carbocycles. The van der Waals surface area contributed by atoms with Gasteiger partial charge in [0.25, 0.3) is 0 Å². The van der Waals surface area contributed by atoms with Crippen LogP contribution in [-0.4, -0.2) is 19.0 Å². The molecule has 3 atom stereocenters. The maximum atomic E-state index is 5.64. The van der Waals surface area contributed by atoms with Gasteiger partial charge in [0.2, 0.25) is 0 Å². The van der Waals surface area contributed by atoms with Gasteiger partial charge in [-0.25, -0.2) is 0 Å². The molecule has 0 spiro atoms. The zero-order valence-corrected chi connectivity index (χ0v) is 7.60. The summed E-state index contributed by atoms with van der Waals surface area (Å²) in [6.45, 7) is 0.735.